The summed E-state index contributed by atoms with van der Waals surface area (Å²) in [5, 5.41) is 1.98. The van der Waals surface area contributed by atoms with Gasteiger partial charge in [0.25, 0.3) is 5.91 Å². The van der Waals surface area contributed by atoms with Crippen LogP contribution < -0.4 is 10.6 Å². The fourth-order valence-corrected chi connectivity index (χ4v) is 5.28. The number of primary amides is 1. The molecule has 8 heteroatoms. The standard InChI is InChI=1S/C25H31N5O3/c1-24(2,3)33-23(32)30-13-10-25(15-30)8-11-29(12-9-25)22-19-16-6-4-5-7-18(16)28-20(19)17(14-27-22)21(26)31/h4-7,14,28H,8-13,15H2,1-3H3,(H2,26,31). The van der Waals surface area contributed by atoms with Gasteiger partial charge in [-0.15, -0.1) is 0 Å². The highest BCUT2D eigenvalue weighted by Crippen LogP contribution is 2.43. The van der Waals surface area contributed by atoms with Crippen LogP contribution in [-0.4, -0.2) is 58.6 Å². The van der Waals surface area contributed by atoms with Crippen LogP contribution in [0, 0.1) is 5.41 Å². The topological polar surface area (TPSA) is 105 Å². The number of likely N-dealkylation sites (tertiary alicyclic amines) is 1. The zero-order chi connectivity index (χ0) is 23.4. The lowest BCUT2D eigenvalue weighted by molar-refractivity contribution is 0.0266. The molecule has 2 aromatic heterocycles. The summed E-state index contributed by atoms with van der Waals surface area (Å²) in [4.78, 5) is 36.8. The van der Waals surface area contributed by atoms with Gasteiger partial charge in [-0.25, -0.2) is 9.78 Å². The Balaban J connectivity index is 1.39. The molecular formula is C25H31N5O3. The third kappa shape index (κ3) is 3.87. The number of carbonyl (C=O) groups excluding carboxylic acids is 2. The van der Waals surface area contributed by atoms with E-state index in [1.54, 1.807) is 6.20 Å². The quantitative estimate of drug-likeness (QED) is 0.614. The van der Waals surface area contributed by atoms with E-state index < -0.39 is 11.5 Å². The summed E-state index contributed by atoms with van der Waals surface area (Å²) in [6.45, 7) is 8.88. The van der Waals surface area contributed by atoms with Crippen molar-refractivity contribution in [3.63, 3.8) is 0 Å². The van der Waals surface area contributed by atoms with Gasteiger partial charge in [-0.1, -0.05) is 18.2 Å². The number of hydrogen-bond donors (Lipinski definition) is 2. The number of carbonyl (C=O) groups is 2. The number of rotatable bonds is 2. The van der Waals surface area contributed by atoms with Crippen LogP contribution in [-0.2, 0) is 4.74 Å². The predicted octanol–water partition coefficient (Wildman–Crippen LogP) is 4.04. The van der Waals surface area contributed by atoms with Crippen LogP contribution in [0.2, 0.25) is 0 Å². The van der Waals surface area contributed by atoms with Gasteiger partial charge in [0.2, 0.25) is 0 Å². The number of nitrogens with one attached hydrogen (secondary N) is 1. The fraction of sp³-hybridized carbons (Fsp3) is 0.480. The van der Waals surface area contributed by atoms with Crippen LogP contribution in [0.15, 0.2) is 30.5 Å². The number of piperidine rings is 1. The average molecular weight is 450 g/mol. The first kappa shape index (κ1) is 21.6. The number of fused-ring (bicyclic) bond motifs is 3. The number of amides is 2. The molecule has 4 heterocycles. The Kier molecular flexibility index (Phi) is 4.99. The van der Waals surface area contributed by atoms with E-state index in [0.717, 1.165) is 73.1 Å². The van der Waals surface area contributed by atoms with Crippen molar-refractivity contribution in [2.45, 2.75) is 45.6 Å². The minimum atomic E-state index is -0.489. The van der Waals surface area contributed by atoms with Gasteiger partial charge in [-0.3, -0.25) is 4.79 Å². The van der Waals surface area contributed by atoms with Gasteiger partial charge in [0.1, 0.15) is 11.4 Å². The molecule has 33 heavy (non-hydrogen) atoms. The van der Waals surface area contributed by atoms with Crippen LogP contribution in [0.5, 0.6) is 0 Å². The molecule has 0 bridgehead atoms. The van der Waals surface area contributed by atoms with Gasteiger partial charge in [0.15, 0.2) is 0 Å². The Morgan fingerprint density at radius 2 is 1.82 bits per heavy atom. The third-order valence-electron chi connectivity index (χ3n) is 6.99. The van der Waals surface area contributed by atoms with E-state index in [4.69, 9.17) is 15.5 Å². The first-order valence-electron chi connectivity index (χ1n) is 11.6. The maximum absolute atomic E-state index is 12.5. The Bertz CT molecular complexity index is 1230. The van der Waals surface area contributed by atoms with E-state index in [1.165, 1.54) is 0 Å². The Hall–Kier alpha value is -3.29. The molecule has 0 atom stereocenters. The number of pyridine rings is 1. The molecule has 3 aromatic rings. The highest BCUT2D eigenvalue weighted by atomic mass is 16.6. The minimum absolute atomic E-state index is 0.125. The Morgan fingerprint density at radius 3 is 2.52 bits per heavy atom. The zero-order valence-corrected chi connectivity index (χ0v) is 19.5. The fourth-order valence-electron chi connectivity index (χ4n) is 5.28. The number of H-pyrrole nitrogens is 1. The third-order valence-corrected chi connectivity index (χ3v) is 6.99. The summed E-state index contributed by atoms with van der Waals surface area (Å²) in [6.07, 6.45) is 4.33. The van der Waals surface area contributed by atoms with Crippen molar-refractivity contribution in [3.8, 4) is 0 Å². The Morgan fingerprint density at radius 1 is 1.12 bits per heavy atom. The number of nitrogens with two attached hydrogens (primary N) is 1. The highest BCUT2D eigenvalue weighted by Gasteiger charge is 2.43. The number of para-hydroxylation sites is 1. The molecule has 0 aliphatic carbocycles. The summed E-state index contributed by atoms with van der Waals surface area (Å²) in [5.74, 6) is 0.390. The summed E-state index contributed by atoms with van der Waals surface area (Å²) in [7, 11) is 0. The lowest BCUT2D eigenvalue weighted by Gasteiger charge is -2.40. The molecule has 2 aliphatic heterocycles. The number of benzene rings is 1. The van der Waals surface area contributed by atoms with Crippen molar-refractivity contribution in [1.29, 1.82) is 0 Å². The summed E-state index contributed by atoms with van der Waals surface area (Å²) < 4.78 is 5.58. The monoisotopic (exact) mass is 449 g/mol. The van der Waals surface area contributed by atoms with Crippen molar-refractivity contribution >= 4 is 39.6 Å². The van der Waals surface area contributed by atoms with Crippen molar-refractivity contribution in [1.82, 2.24) is 14.9 Å². The molecule has 174 valence electrons. The maximum atomic E-state index is 12.5. The van der Waals surface area contributed by atoms with Crippen LogP contribution in [0.1, 0.15) is 50.4 Å². The molecule has 0 radical (unpaired) electrons. The van der Waals surface area contributed by atoms with E-state index in [0.29, 0.717) is 5.56 Å². The van der Waals surface area contributed by atoms with Gasteiger partial charge < -0.3 is 25.3 Å². The minimum Gasteiger partial charge on any atom is -0.444 e. The molecule has 2 aliphatic rings. The lowest BCUT2D eigenvalue weighted by Crippen LogP contribution is -2.43. The lowest BCUT2D eigenvalue weighted by atomic mass is 9.77. The Labute approximate surface area is 193 Å². The molecule has 0 saturated carbocycles. The zero-order valence-electron chi connectivity index (χ0n) is 19.5. The van der Waals surface area contributed by atoms with Crippen LogP contribution >= 0.6 is 0 Å². The molecule has 0 unspecified atom stereocenters. The van der Waals surface area contributed by atoms with Gasteiger partial charge in [0.05, 0.1) is 16.5 Å². The molecule has 2 fully saturated rings. The van der Waals surface area contributed by atoms with Crippen LogP contribution in [0.4, 0.5) is 10.6 Å². The van der Waals surface area contributed by atoms with Gasteiger partial charge in [-0.05, 0) is 51.5 Å². The summed E-state index contributed by atoms with van der Waals surface area (Å²) in [6, 6.07) is 8.01. The van der Waals surface area contributed by atoms with Crippen molar-refractivity contribution in [2.75, 3.05) is 31.1 Å². The second-order valence-electron chi connectivity index (χ2n) is 10.4. The van der Waals surface area contributed by atoms with Crippen molar-refractivity contribution < 1.29 is 14.3 Å². The maximum Gasteiger partial charge on any atom is 0.410 e. The SMILES string of the molecule is CC(C)(C)OC(=O)N1CCC2(CCN(c3ncc(C(N)=O)c4[nH]c5ccccc5c34)CC2)C1. The molecule has 2 saturated heterocycles. The number of hydrogen-bond acceptors (Lipinski definition) is 5. The van der Waals surface area contributed by atoms with E-state index in [2.05, 4.69) is 9.88 Å². The second-order valence-corrected chi connectivity index (χ2v) is 10.4. The molecule has 8 nitrogen and oxygen atoms in total. The van der Waals surface area contributed by atoms with Gasteiger partial charge in [-0.2, -0.15) is 0 Å². The predicted molar refractivity (Wildman–Crippen MR) is 128 cm³/mol. The van der Waals surface area contributed by atoms with Crippen LogP contribution in [0.3, 0.4) is 0 Å². The molecule has 3 N–H and O–H groups in total. The van der Waals surface area contributed by atoms with Gasteiger partial charge in [0, 0.05) is 43.3 Å². The van der Waals surface area contributed by atoms with Crippen molar-refractivity contribution in [3.05, 3.63) is 36.0 Å². The molecule has 1 spiro atoms. The van der Waals surface area contributed by atoms with E-state index in [-0.39, 0.29) is 11.5 Å². The number of aromatic nitrogens is 2. The molecule has 5 rings (SSSR count). The molecular weight excluding hydrogens is 418 g/mol. The normalized spacial score (nSPS) is 18.4. The first-order valence-corrected chi connectivity index (χ1v) is 11.6. The molecule has 2 amide bonds. The van der Waals surface area contributed by atoms with E-state index in [1.807, 2.05) is 49.9 Å². The first-order chi connectivity index (χ1) is 15.7. The van der Waals surface area contributed by atoms with Crippen molar-refractivity contribution in [2.24, 2.45) is 11.1 Å². The number of aromatic amines is 1. The number of ether oxygens (including phenoxy) is 1. The van der Waals surface area contributed by atoms with E-state index in [9.17, 15) is 9.59 Å². The largest absolute Gasteiger partial charge is 0.444 e. The second kappa shape index (κ2) is 7.64. The molecule has 1 aromatic carbocycles. The number of nitrogens with zero attached hydrogens (tertiary/aromatic N) is 3. The summed E-state index contributed by atoms with van der Waals surface area (Å²) >= 11 is 0. The van der Waals surface area contributed by atoms with Gasteiger partial charge >= 0.3 is 6.09 Å². The number of anilines is 1. The van der Waals surface area contributed by atoms with Crippen LogP contribution in [0.25, 0.3) is 21.8 Å². The summed E-state index contributed by atoms with van der Waals surface area (Å²) in [5.41, 5.74) is 7.38. The smallest absolute Gasteiger partial charge is 0.410 e. The average Bonchev–Trinajstić information content (AvgIpc) is 3.35. The highest BCUT2D eigenvalue weighted by molar-refractivity contribution is 6.18. The van der Waals surface area contributed by atoms with E-state index >= 15 is 0 Å².